The molecule has 2 amide bonds. The molecule has 6 nitrogen and oxygen atoms in total. The quantitative estimate of drug-likeness (QED) is 0.805. The van der Waals surface area contributed by atoms with Gasteiger partial charge in [-0.2, -0.15) is 5.06 Å². The van der Waals surface area contributed by atoms with Crippen LogP contribution in [-0.4, -0.2) is 55.5 Å². The minimum Gasteiger partial charge on any atom is -0.400 e. The predicted octanol–water partition coefficient (Wildman–Crippen LogP) is 2.02. The zero-order valence-corrected chi connectivity index (χ0v) is 12.9. The number of hydrogen-bond donors (Lipinski definition) is 1. The topological polar surface area (TPSA) is 65.3 Å². The number of rotatable bonds is 1. The SMILES string of the molecule is CO.COC.O=C(N1CCCC1)N1OC1c1ccccc1. The molecule has 118 valence electrons. The van der Waals surface area contributed by atoms with E-state index in [1.807, 2.05) is 35.2 Å². The van der Waals surface area contributed by atoms with Crippen molar-refractivity contribution in [3.05, 3.63) is 35.9 Å². The van der Waals surface area contributed by atoms with E-state index in [0.29, 0.717) is 0 Å². The summed E-state index contributed by atoms with van der Waals surface area (Å²) in [5, 5.41) is 8.46. The van der Waals surface area contributed by atoms with E-state index in [4.69, 9.17) is 9.94 Å². The van der Waals surface area contributed by atoms with Crippen molar-refractivity contribution in [3.63, 3.8) is 0 Å². The van der Waals surface area contributed by atoms with Gasteiger partial charge in [-0.1, -0.05) is 30.3 Å². The van der Waals surface area contributed by atoms with Crippen LogP contribution in [0.1, 0.15) is 24.6 Å². The van der Waals surface area contributed by atoms with Gasteiger partial charge in [0.05, 0.1) is 0 Å². The van der Waals surface area contributed by atoms with Crippen molar-refractivity contribution in [2.75, 3.05) is 34.4 Å². The summed E-state index contributed by atoms with van der Waals surface area (Å²) in [6.07, 6.45) is 2.04. The molecule has 21 heavy (non-hydrogen) atoms. The number of urea groups is 1. The van der Waals surface area contributed by atoms with E-state index < -0.39 is 0 Å². The van der Waals surface area contributed by atoms with Crippen molar-refractivity contribution in [3.8, 4) is 0 Å². The number of hydroxylamine groups is 2. The molecule has 1 aromatic carbocycles. The molecule has 1 unspecified atom stereocenters. The van der Waals surface area contributed by atoms with Gasteiger partial charge in [0.1, 0.15) is 0 Å². The molecule has 0 spiro atoms. The van der Waals surface area contributed by atoms with Crippen LogP contribution in [0, 0.1) is 0 Å². The number of benzene rings is 1. The molecule has 1 atom stereocenters. The van der Waals surface area contributed by atoms with Gasteiger partial charge < -0.3 is 14.7 Å². The van der Waals surface area contributed by atoms with Crippen LogP contribution < -0.4 is 0 Å². The monoisotopic (exact) mass is 296 g/mol. The molecule has 0 aromatic heterocycles. The first kappa shape index (κ1) is 17.4. The molecule has 2 saturated heterocycles. The second-order valence-electron chi connectivity index (χ2n) is 4.58. The maximum absolute atomic E-state index is 11.9. The van der Waals surface area contributed by atoms with Crippen LogP contribution in [-0.2, 0) is 9.57 Å². The highest BCUT2D eigenvalue weighted by molar-refractivity contribution is 5.75. The second-order valence-corrected chi connectivity index (χ2v) is 4.58. The molecule has 0 aliphatic carbocycles. The Kier molecular flexibility index (Phi) is 7.74. The van der Waals surface area contributed by atoms with E-state index in [2.05, 4.69) is 4.74 Å². The van der Waals surface area contributed by atoms with Crippen LogP contribution in [0.15, 0.2) is 30.3 Å². The Morgan fingerprint density at radius 1 is 1.19 bits per heavy atom. The number of nitrogens with zero attached hydrogens (tertiary/aromatic N) is 2. The van der Waals surface area contributed by atoms with Gasteiger partial charge in [-0.05, 0) is 12.8 Å². The molecule has 3 rings (SSSR count). The first-order chi connectivity index (χ1) is 10.3. The van der Waals surface area contributed by atoms with E-state index in [9.17, 15) is 4.79 Å². The second kappa shape index (κ2) is 9.33. The number of amides is 2. The van der Waals surface area contributed by atoms with Crippen LogP contribution in [0.4, 0.5) is 4.79 Å². The van der Waals surface area contributed by atoms with Gasteiger partial charge in [-0.25, -0.2) is 9.63 Å². The zero-order valence-electron chi connectivity index (χ0n) is 12.9. The maximum Gasteiger partial charge on any atom is 0.346 e. The van der Waals surface area contributed by atoms with Crippen molar-refractivity contribution in [1.29, 1.82) is 0 Å². The number of methoxy groups -OCH3 is 1. The molecule has 1 aromatic rings. The van der Waals surface area contributed by atoms with Crippen LogP contribution in [0.25, 0.3) is 0 Å². The first-order valence-corrected chi connectivity index (χ1v) is 6.92. The summed E-state index contributed by atoms with van der Waals surface area (Å²) in [5.74, 6) is 0. The van der Waals surface area contributed by atoms with Gasteiger partial charge in [-0.3, -0.25) is 0 Å². The molecule has 2 heterocycles. The van der Waals surface area contributed by atoms with E-state index in [1.165, 1.54) is 5.06 Å². The van der Waals surface area contributed by atoms with E-state index in [-0.39, 0.29) is 12.3 Å². The third kappa shape index (κ3) is 5.00. The van der Waals surface area contributed by atoms with Crippen molar-refractivity contribution in [2.24, 2.45) is 0 Å². The molecule has 1 N–H and O–H groups in total. The summed E-state index contributed by atoms with van der Waals surface area (Å²) in [4.78, 5) is 19.1. The summed E-state index contributed by atoms with van der Waals surface area (Å²) >= 11 is 0. The summed E-state index contributed by atoms with van der Waals surface area (Å²) in [6.45, 7) is 1.72. The van der Waals surface area contributed by atoms with Crippen LogP contribution in [0.5, 0.6) is 0 Å². The van der Waals surface area contributed by atoms with Gasteiger partial charge in [0.15, 0.2) is 0 Å². The Labute approximate surface area is 125 Å². The van der Waals surface area contributed by atoms with E-state index >= 15 is 0 Å². The molecular formula is C15H24N2O4. The summed E-state index contributed by atoms with van der Waals surface area (Å²) in [6, 6.07) is 9.82. The lowest BCUT2D eigenvalue weighted by Crippen LogP contribution is -2.31. The number of likely N-dealkylation sites (tertiary alicyclic amines) is 1. The molecule has 0 bridgehead atoms. The molecular weight excluding hydrogens is 272 g/mol. The molecule has 0 saturated carbocycles. The van der Waals surface area contributed by atoms with Gasteiger partial charge in [-0.15, -0.1) is 0 Å². The van der Waals surface area contributed by atoms with Crippen molar-refractivity contribution in [1.82, 2.24) is 9.96 Å². The number of carbonyl (C=O) groups excluding carboxylic acids is 1. The average molecular weight is 296 g/mol. The Hall–Kier alpha value is -1.63. The number of aliphatic hydroxyl groups is 1. The Morgan fingerprint density at radius 2 is 1.71 bits per heavy atom. The smallest absolute Gasteiger partial charge is 0.346 e. The van der Waals surface area contributed by atoms with Crippen molar-refractivity contribution < 1.29 is 19.5 Å². The zero-order chi connectivity index (χ0) is 15.7. The fraction of sp³-hybridized carbons (Fsp3) is 0.533. The predicted molar refractivity (Wildman–Crippen MR) is 79.4 cm³/mol. The third-order valence-electron chi connectivity index (χ3n) is 3.03. The third-order valence-corrected chi connectivity index (χ3v) is 3.03. The van der Waals surface area contributed by atoms with Crippen LogP contribution >= 0.6 is 0 Å². The normalized spacial score (nSPS) is 19.1. The summed E-state index contributed by atoms with van der Waals surface area (Å²) < 4.78 is 4.25. The maximum atomic E-state index is 11.9. The largest absolute Gasteiger partial charge is 0.400 e. The number of aliphatic hydroxyl groups excluding tert-OH is 1. The van der Waals surface area contributed by atoms with Gasteiger partial charge in [0, 0.05) is 40.0 Å². The molecule has 2 aliphatic rings. The van der Waals surface area contributed by atoms with E-state index in [0.717, 1.165) is 38.6 Å². The van der Waals surface area contributed by atoms with Gasteiger partial charge in [0.2, 0.25) is 6.23 Å². The number of carbonyl (C=O) groups is 1. The Balaban J connectivity index is 0.000000395. The molecule has 2 aliphatic heterocycles. The van der Waals surface area contributed by atoms with E-state index in [1.54, 1.807) is 14.2 Å². The highest BCUT2D eigenvalue weighted by Gasteiger charge is 2.45. The fourth-order valence-corrected chi connectivity index (χ4v) is 2.09. The van der Waals surface area contributed by atoms with Crippen LogP contribution in [0.3, 0.4) is 0 Å². The lowest BCUT2D eigenvalue weighted by atomic mass is 10.2. The van der Waals surface area contributed by atoms with Crippen LogP contribution in [0.2, 0.25) is 0 Å². The lowest BCUT2D eigenvalue weighted by molar-refractivity contribution is 0.146. The number of ether oxygens (including phenoxy) is 1. The lowest BCUT2D eigenvalue weighted by Gasteiger charge is -2.13. The standard InChI is InChI=1S/C12H14N2O2.C2H6O.CH4O/c15-12(13-8-4-5-9-13)14-11(16-14)10-6-2-1-3-7-10;1-3-2;1-2/h1-3,6-7,11H,4-5,8-9H2;1-2H3;2H,1H3. The Morgan fingerprint density at radius 3 is 2.24 bits per heavy atom. The molecule has 0 radical (unpaired) electrons. The highest BCUT2D eigenvalue weighted by Crippen LogP contribution is 2.38. The first-order valence-electron chi connectivity index (χ1n) is 6.92. The van der Waals surface area contributed by atoms with Gasteiger partial charge in [0.25, 0.3) is 0 Å². The minimum atomic E-state index is -0.172. The average Bonchev–Trinajstić information content (AvgIpc) is 3.15. The summed E-state index contributed by atoms with van der Waals surface area (Å²) in [7, 11) is 4.25. The highest BCUT2D eigenvalue weighted by atomic mass is 16.8. The molecule has 6 heteroatoms. The Bertz CT molecular complexity index is 407. The van der Waals surface area contributed by atoms with Gasteiger partial charge >= 0.3 is 6.03 Å². The summed E-state index contributed by atoms with van der Waals surface area (Å²) in [5.41, 5.74) is 1.04. The van der Waals surface area contributed by atoms with Crippen molar-refractivity contribution in [2.45, 2.75) is 19.1 Å². The minimum absolute atomic E-state index is 0.00588. The number of hydrogen-bond acceptors (Lipinski definition) is 4. The fourth-order valence-electron chi connectivity index (χ4n) is 2.09. The van der Waals surface area contributed by atoms with Crippen molar-refractivity contribution >= 4 is 6.03 Å². The molecule has 2 fully saturated rings.